The van der Waals surface area contributed by atoms with Crippen molar-refractivity contribution in [1.29, 1.82) is 0 Å². The van der Waals surface area contributed by atoms with Gasteiger partial charge in [0, 0.05) is 28.6 Å². The predicted octanol–water partition coefficient (Wildman–Crippen LogP) is 3.63. The molecule has 0 atom stereocenters. The van der Waals surface area contributed by atoms with E-state index in [0.717, 1.165) is 0 Å². The normalized spacial score (nSPS) is 10.8. The molecule has 0 aliphatic heterocycles. The molecule has 2 aromatic heterocycles. The van der Waals surface area contributed by atoms with Gasteiger partial charge in [-0.3, -0.25) is 9.59 Å². The number of carbonyl (C=O) groups is 1. The first kappa shape index (κ1) is 19.2. The van der Waals surface area contributed by atoms with Crippen LogP contribution < -0.4 is 10.9 Å². The molecule has 0 unspecified atom stereocenters. The maximum Gasteiger partial charge on any atom is 0.254 e. The summed E-state index contributed by atoms with van der Waals surface area (Å²) in [5.41, 5.74) is 2.15. The summed E-state index contributed by atoms with van der Waals surface area (Å²) in [4.78, 5) is 35.6. The lowest BCUT2D eigenvalue weighted by atomic mass is 10.1. The lowest BCUT2D eigenvalue weighted by Crippen LogP contribution is -2.20. The molecule has 0 saturated heterocycles. The summed E-state index contributed by atoms with van der Waals surface area (Å²) in [5.74, 6) is -0.587. The number of aromatic nitrogens is 3. The van der Waals surface area contributed by atoms with Crippen molar-refractivity contribution < 1.29 is 9.18 Å². The first-order valence-corrected chi connectivity index (χ1v) is 10.2. The van der Waals surface area contributed by atoms with Crippen LogP contribution in [0.25, 0.3) is 11.3 Å². The number of benzene rings is 1. The number of aryl methyl sites for hydroxylation is 1. The maximum absolute atomic E-state index is 13.3. The molecule has 0 saturated carbocycles. The molecule has 2 heterocycles. The van der Waals surface area contributed by atoms with E-state index in [2.05, 4.69) is 20.3 Å². The van der Waals surface area contributed by atoms with Crippen LogP contribution in [0.1, 0.15) is 17.7 Å². The van der Waals surface area contributed by atoms with Crippen molar-refractivity contribution in [3.63, 3.8) is 0 Å². The van der Waals surface area contributed by atoms with Crippen molar-refractivity contribution in [1.82, 2.24) is 15.0 Å². The molecule has 0 fully saturated rings. The fraction of sp³-hybridized carbons (Fsp3) is 0.222. The predicted molar refractivity (Wildman–Crippen MR) is 106 cm³/mol. The number of rotatable bonds is 6. The summed E-state index contributed by atoms with van der Waals surface area (Å²) < 4.78 is 13.3. The summed E-state index contributed by atoms with van der Waals surface area (Å²) in [6, 6.07) is 6.12. The summed E-state index contributed by atoms with van der Waals surface area (Å²) in [6.07, 6.45) is 2.26. The molecule has 0 bridgehead atoms. The Balaban J connectivity index is 1.63. The molecule has 3 aromatic rings. The minimum absolute atomic E-state index is 0.138. The molecule has 27 heavy (non-hydrogen) atoms. The quantitative estimate of drug-likeness (QED) is 0.484. The van der Waals surface area contributed by atoms with Crippen LogP contribution in [0.2, 0.25) is 0 Å². The van der Waals surface area contributed by atoms with E-state index >= 15 is 0 Å². The van der Waals surface area contributed by atoms with Gasteiger partial charge in [-0.15, -0.1) is 11.3 Å². The number of anilines is 1. The number of thiazole rings is 1. The summed E-state index contributed by atoms with van der Waals surface area (Å²) in [6.45, 7) is 1.76. The van der Waals surface area contributed by atoms with Gasteiger partial charge < -0.3 is 10.3 Å². The molecule has 0 aliphatic carbocycles. The number of aromatic amines is 1. The van der Waals surface area contributed by atoms with Crippen LogP contribution in [0.3, 0.4) is 0 Å². The highest BCUT2D eigenvalue weighted by Gasteiger charge is 2.12. The Morgan fingerprint density at radius 2 is 2.19 bits per heavy atom. The topological polar surface area (TPSA) is 87.7 Å². The van der Waals surface area contributed by atoms with Crippen molar-refractivity contribution >= 4 is 34.1 Å². The van der Waals surface area contributed by atoms with Crippen LogP contribution in [-0.4, -0.2) is 27.1 Å². The highest BCUT2D eigenvalue weighted by atomic mass is 32.2. The number of amides is 1. The molecular formula is C18H17FN4O2S2. The Morgan fingerprint density at radius 3 is 2.89 bits per heavy atom. The molecule has 140 valence electrons. The molecule has 2 N–H and O–H groups in total. The van der Waals surface area contributed by atoms with Crippen LogP contribution in [0.15, 0.2) is 39.6 Å². The molecule has 0 aliphatic rings. The number of nitrogens with one attached hydrogen (secondary N) is 2. The van der Waals surface area contributed by atoms with E-state index in [-0.39, 0.29) is 30.1 Å². The summed E-state index contributed by atoms with van der Waals surface area (Å²) in [7, 11) is 0. The first-order valence-electron chi connectivity index (χ1n) is 8.11. The number of nitrogens with zero attached hydrogens (tertiary/aromatic N) is 2. The average molecular weight is 404 g/mol. The van der Waals surface area contributed by atoms with Crippen molar-refractivity contribution in [3.8, 4) is 11.3 Å². The Kier molecular flexibility index (Phi) is 6.02. The van der Waals surface area contributed by atoms with Gasteiger partial charge in [-0.2, -0.15) is 0 Å². The van der Waals surface area contributed by atoms with Crippen molar-refractivity contribution in [2.45, 2.75) is 24.9 Å². The lowest BCUT2D eigenvalue weighted by Gasteiger charge is -2.06. The number of hydrogen-bond donors (Lipinski definition) is 2. The summed E-state index contributed by atoms with van der Waals surface area (Å²) >= 11 is 2.62. The monoisotopic (exact) mass is 404 g/mol. The number of carbonyl (C=O) groups excluding carboxylic acids is 1. The van der Waals surface area contributed by atoms with Gasteiger partial charge >= 0.3 is 0 Å². The van der Waals surface area contributed by atoms with Crippen LogP contribution in [-0.2, 0) is 11.2 Å². The Hall–Kier alpha value is -2.52. The first-order chi connectivity index (χ1) is 13.0. The standard InChI is InChI=1S/C18H17FN4O2S2/c1-10-13(16(25)23-17(20-10)26-2)6-7-15(24)22-18-21-14(9-27-18)11-4-3-5-12(19)8-11/h3-5,8-9H,6-7H2,1-2H3,(H,20,23,25)(H,21,22,24). The number of H-pyrrole nitrogens is 1. The Labute approximate surface area is 163 Å². The van der Waals surface area contributed by atoms with E-state index in [1.807, 2.05) is 6.26 Å². The minimum atomic E-state index is -0.340. The number of hydrogen-bond acceptors (Lipinski definition) is 6. The Bertz CT molecular complexity index is 1030. The zero-order chi connectivity index (χ0) is 19.4. The fourth-order valence-electron chi connectivity index (χ4n) is 2.51. The largest absolute Gasteiger partial charge is 0.302 e. The van der Waals surface area contributed by atoms with Gasteiger partial charge in [0.2, 0.25) is 5.91 Å². The summed E-state index contributed by atoms with van der Waals surface area (Å²) in [5, 5.41) is 5.46. The van der Waals surface area contributed by atoms with Crippen molar-refractivity contribution in [2.75, 3.05) is 11.6 Å². The maximum atomic E-state index is 13.3. The van der Waals surface area contributed by atoms with E-state index in [0.29, 0.717) is 32.8 Å². The van der Waals surface area contributed by atoms with Gasteiger partial charge in [0.25, 0.3) is 5.56 Å². The van der Waals surface area contributed by atoms with E-state index < -0.39 is 0 Å². The molecule has 6 nitrogen and oxygen atoms in total. The molecule has 1 aromatic carbocycles. The fourth-order valence-corrected chi connectivity index (χ4v) is 3.67. The highest BCUT2D eigenvalue weighted by molar-refractivity contribution is 7.98. The zero-order valence-corrected chi connectivity index (χ0v) is 16.3. The van der Waals surface area contributed by atoms with Crippen LogP contribution in [0.5, 0.6) is 0 Å². The molecular weight excluding hydrogens is 387 g/mol. The van der Waals surface area contributed by atoms with Gasteiger partial charge in [-0.05, 0) is 31.7 Å². The van der Waals surface area contributed by atoms with Gasteiger partial charge in [0.15, 0.2) is 10.3 Å². The number of halogens is 1. The molecule has 3 rings (SSSR count). The van der Waals surface area contributed by atoms with Gasteiger partial charge in [-0.1, -0.05) is 23.9 Å². The average Bonchev–Trinajstić information content (AvgIpc) is 3.09. The minimum Gasteiger partial charge on any atom is -0.302 e. The van der Waals surface area contributed by atoms with Gasteiger partial charge in [0.05, 0.1) is 5.69 Å². The second kappa shape index (κ2) is 8.45. The van der Waals surface area contributed by atoms with Gasteiger partial charge in [0.1, 0.15) is 5.82 Å². The van der Waals surface area contributed by atoms with E-state index in [9.17, 15) is 14.0 Å². The lowest BCUT2D eigenvalue weighted by molar-refractivity contribution is -0.116. The third-order valence-electron chi connectivity index (χ3n) is 3.87. The van der Waals surface area contributed by atoms with E-state index in [1.165, 1.54) is 35.2 Å². The second-order valence-corrected chi connectivity index (χ2v) is 7.39. The van der Waals surface area contributed by atoms with E-state index in [4.69, 9.17) is 0 Å². The molecule has 1 amide bonds. The SMILES string of the molecule is CSc1nc(C)c(CCC(=O)Nc2nc(-c3cccc(F)c3)cs2)c(=O)[nH]1. The molecule has 9 heteroatoms. The third-order valence-corrected chi connectivity index (χ3v) is 5.20. The molecule has 0 spiro atoms. The smallest absolute Gasteiger partial charge is 0.254 e. The molecule has 0 radical (unpaired) electrons. The third kappa shape index (κ3) is 4.81. The zero-order valence-electron chi connectivity index (χ0n) is 14.7. The van der Waals surface area contributed by atoms with Gasteiger partial charge in [-0.25, -0.2) is 14.4 Å². The second-order valence-electron chi connectivity index (χ2n) is 5.74. The highest BCUT2D eigenvalue weighted by Crippen LogP contribution is 2.25. The van der Waals surface area contributed by atoms with Crippen molar-refractivity contribution in [3.05, 3.63) is 57.1 Å². The van der Waals surface area contributed by atoms with E-state index in [1.54, 1.807) is 24.4 Å². The van der Waals surface area contributed by atoms with Crippen molar-refractivity contribution in [2.24, 2.45) is 0 Å². The Morgan fingerprint density at radius 1 is 1.37 bits per heavy atom. The van der Waals surface area contributed by atoms with Crippen LogP contribution in [0, 0.1) is 12.7 Å². The number of thioether (sulfide) groups is 1. The van der Waals surface area contributed by atoms with Crippen LogP contribution in [0.4, 0.5) is 9.52 Å². The van der Waals surface area contributed by atoms with Crippen LogP contribution >= 0.6 is 23.1 Å².